The van der Waals surface area contributed by atoms with Gasteiger partial charge in [0.05, 0.1) is 0 Å². The Labute approximate surface area is 128 Å². The summed E-state index contributed by atoms with van der Waals surface area (Å²) in [5.74, 6) is -1.07. The molecule has 0 aromatic carbocycles. The number of rotatable bonds is 8. The lowest BCUT2D eigenvalue weighted by Gasteiger charge is -2.18. The molecule has 2 atom stereocenters. The molecule has 21 heavy (non-hydrogen) atoms. The topological polar surface area (TPSA) is 87.7 Å². The first-order valence-electron chi connectivity index (χ1n) is 6.76. The first kappa shape index (κ1) is 17.5. The lowest BCUT2D eigenvalue weighted by Crippen LogP contribution is -2.49. The van der Waals surface area contributed by atoms with E-state index in [2.05, 4.69) is 10.6 Å². The molecule has 0 spiro atoms. The molecule has 0 fully saturated rings. The van der Waals surface area contributed by atoms with Gasteiger partial charge in [-0.2, -0.15) is 0 Å². The number of hydrogen-bond donors (Lipinski definition) is 3. The smallest absolute Gasteiger partial charge is 0.326 e. The normalized spacial score (nSPS) is 13.5. The van der Waals surface area contributed by atoms with Crippen LogP contribution in [0.3, 0.4) is 0 Å². The Balaban J connectivity index is 2.41. The number of urea groups is 1. The van der Waals surface area contributed by atoms with Crippen molar-refractivity contribution in [3.8, 4) is 0 Å². The lowest BCUT2D eigenvalue weighted by atomic mass is 10.2. The third-order valence-electron chi connectivity index (χ3n) is 2.89. The van der Waals surface area contributed by atoms with Gasteiger partial charge in [0, 0.05) is 42.4 Å². The monoisotopic (exact) mass is 314 g/mol. The molecule has 3 N–H and O–H groups in total. The van der Waals surface area contributed by atoms with E-state index in [0.29, 0.717) is 0 Å². The number of amides is 2. The second-order valence-electron chi connectivity index (χ2n) is 4.91. The highest BCUT2D eigenvalue weighted by Gasteiger charge is 2.20. The van der Waals surface area contributed by atoms with E-state index in [1.54, 1.807) is 11.3 Å². The number of nitrogens with one attached hydrogen (secondary N) is 2. The second kappa shape index (κ2) is 8.63. The summed E-state index contributed by atoms with van der Waals surface area (Å²) in [6, 6.07) is 2.59. The first-order chi connectivity index (χ1) is 9.92. The summed E-state index contributed by atoms with van der Waals surface area (Å²) in [7, 11) is 1.49. The molecule has 1 aromatic rings. The van der Waals surface area contributed by atoms with Crippen molar-refractivity contribution < 1.29 is 19.4 Å². The van der Waals surface area contributed by atoms with Crippen LogP contribution in [0.2, 0.25) is 0 Å². The number of aliphatic carboxylic acids is 1. The Kier molecular flexibility index (Phi) is 7.18. The van der Waals surface area contributed by atoms with Crippen molar-refractivity contribution >= 4 is 23.3 Å². The summed E-state index contributed by atoms with van der Waals surface area (Å²) in [6.07, 6.45) is 0.958. The Bertz CT molecular complexity index is 475. The lowest BCUT2D eigenvalue weighted by molar-refractivity contribution is -0.139. The van der Waals surface area contributed by atoms with Crippen LogP contribution in [0.5, 0.6) is 0 Å². The Morgan fingerprint density at radius 2 is 2.10 bits per heavy atom. The molecule has 6 nitrogen and oxygen atoms in total. The highest BCUT2D eigenvalue weighted by molar-refractivity contribution is 7.11. The van der Waals surface area contributed by atoms with Gasteiger partial charge in [-0.3, -0.25) is 0 Å². The van der Waals surface area contributed by atoms with Gasteiger partial charge >= 0.3 is 12.0 Å². The molecule has 7 heteroatoms. The second-order valence-corrected chi connectivity index (χ2v) is 6.28. The van der Waals surface area contributed by atoms with Gasteiger partial charge in [-0.15, -0.1) is 11.3 Å². The van der Waals surface area contributed by atoms with Crippen LogP contribution in [0.1, 0.15) is 23.1 Å². The molecule has 0 aliphatic carbocycles. The van der Waals surface area contributed by atoms with Gasteiger partial charge in [0.1, 0.15) is 6.04 Å². The van der Waals surface area contributed by atoms with Crippen LogP contribution in [0, 0.1) is 6.92 Å². The maximum Gasteiger partial charge on any atom is 0.326 e. The van der Waals surface area contributed by atoms with Crippen molar-refractivity contribution in [3.05, 3.63) is 21.9 Å². The molecule has 0 saturated carbocycles. The third kappa shape index (κ3) is 6.59. The molecule has 2 amide bonds. The Morgan fingerprint density at radius 3 is 2.62 bits per heavy atom. The van der Waals surface area contributed by atoms with Crippen molar-refractivity contribution in [2.45, 2.75) is 38.8 Å². The zero-order valence-corrected chi connectivity index (χ0v) is 13.3. The van der Waals surface area contributed by atoms with Crippen LogP contribution in [0.15, 0.2) is 12.1 Å². The zero-order chi connectivity index (χ0) is 15.8. The van der Waals surface area contributed by atoms with Crippen molar-refractivity contribution in [1.82, 2.24) is 10.6 Å². The Hall–Kier alpha value is -1.60. The molecule has 1 aromatic heterocycles. The minimum atomic E-state index is -1.07. The number of hydrogen-bond acceptors (Lipinski definition) is 4. The summed E-state index contributed by atoms with van der Waals surface area (Å²) < 4.78 is 4.83. The summed E-state index contributed by atoms with van der Waals surface area (Å²) in [5.41, 5.74) is 0. The van der Waals surface area contributed by atoms with E-state index in [0.717, 1.165) is 6.42 Å². The predicted octanol–water partition coefficient (Wildman–Crippen LogP) is 1.78. The molecular formula is C14H22N2O4S. The molecule has 0 bridgehead atoms. The minimum absolute atomic E-state index is 0.0695. The van der Waals surface area contributed by atoms with E-state index in [4.69, 9.17) is 9.84 Å². The first-order valence-corrected chi connectivity index (χ1v) is 7.58. The summed E-state index contributed by atoms with van der Waals surface area (Å²) in [5, 5.41) is 14.2. The SMILES string of the molecule is COCCC(NC(=O)NC(C)Cc1ccc(C)s1)C(=O)O. The van der Waals surface area contributed by atoms with Crippen LogP contribution in [0.4, 0.5) is 4.79 Å². The number of aryl methyl sites for hydroxylation is 1. The number of methoxy groups -OCH3 is 1. The molecule has 2 unspecified atom stereocenters. The fraction of sp³-hybridized carbons (Fsp3) is 0.571. The van der Waals surface area contributed by atoms with Crippen LogP contribution in [-0.4, -0.2) is 42.9 Å². The highest BCUT2D eigenvalue weighted by Crippen LogP contribution is 2.16. The zero-order valence-electron chi connectivity index (χ0n) is 12.5. The summed E-state index contributed by atoms with van der Waals surface area (Å²) >= 11 is 1.69. The molecule has 0 saturated heterocycles. The summed E-state index contributed by atoms with van der Waals surface area (Å²) in [6.45, 7) is 4.20. The van der Waals surface area contributed by atoms with E-state index in [-0.39, 0.29) is 19.1 Å². The van der Waals surface area contributed by atoms with Crippen molar-refractivity contribution in [2.24, 2.45) is 0 Å². The predicted molar refractivity (Wildman–Crippen MR) is 81.8 cm³/mol. The molecule has 1 rings (SSSR count). The van der Waals surface area contributed by atoms with Crippen molar-refractivity contribution in [1.29, 1.82) is 0 Å². The number of ether oxygens (including phenoxy) is 1. The number of carboxylic acids is 1. The molecule has 0 aliphatic heterocycles. The number of carbonyl (C=O) groups is 2. The van der Waals surface area contributed by atoms with Crippen LogP contribution in [0.25, 0.3) is 0 Å². The van der Waals surface area contributed by atoms with E-state index in [9.17, 15) is 9.59 Å². The van der Waals surface area contributed by atoms with Crippen LogP contribution >= 0.6 is 11.3 Å². The number of thiophene rings is 1. The van der Waals surface area contributed by atoms with E-state index < -0.39 is 18.0 Å². The molecule has 1 heterocycles. The quantitative estimate of drug-likeness (QED) is 0.682. The maximum atomic E-state index is 11.8. The molecular weight excluding hydrogens is 292 g/mol. The molecule has 0 aliphatic rings. The summed E-state index contributed by atoms with van der Waals surface area (Å²) in [4.78, 5) is 25.2. The molecule has 0 radical (unpaired) electrons. The fourth-order valence-electron chi connectivity index (χ4n) is 1.86. The van der Waals surface area contributed by atoms with Crippen molar-refractivity contribution in [3.63, 3.8) is 0 Å². The van der Waals surface area contributed by atoms with Gasteiger partial charge in [-0.05, 0) is 26.0 Å². The Morgan fingerprint density at radius 1 is 1.38 bits per heavy atom. The standard InChI is InChI=1S/C14H22N2O4S/c1-9(8-11-5-4-10(2)21-11)15-14(19)16-12(13(17)18)6-7-20-3/h4-5,9,12H,6-8H2,1-3H3,(H,17,18)(H2,15,16,19). The van der Waals surface area contributed by atoms with E-state index >= 15 is 0 Å². The molecule has 118 valence electrons. The average Bonchev–Trinajstić information content (AvgIpc) is 2.79. The van der Waals surface area contributed by atoms with Gasteiger partial charge in [-0.25, -0.2) is 9.59 Å². The van der Waals surface area contributed by atoms with Gasteiger partial charge < -0.3 is 20.5 Å². The van der Waals surface area contributed by atoms with Gasteiger partial charge in [0.15, 0.2) is 0 Å². The number of carbonyl (C=O) groups excluding carboxylic acids is 1. The fourth-order valence-corrected chi connectivity index (χ4v) is 2.88. The van der Waals surface area contributed by atoms with Gasteiger partial charge in [0.2, 0.25) is 0 Å². The highest BCUT2D eigenvalue weighted by atomic mass is 32.1. The number of carboxylic acid groups (broad SMARTS) is 1. The van der Waals surface area contributed by atoms with Gasteiger partial charge in [-0.1, -0.05) is 0 Å². The average molecular weight is 314 g/mol. The largest absolute Gasteiger partial charge is 0.480 e. The van der Waals surface area contributed by atoms with Gasteiger partial charge in [0.25, 0.3) is 0 Å². The van der Waals surface area contributed by atoms with E-state index in [1.165, 1.54) is 16.9 Å². The third-order valence-corrected chi connectivity index (χ3v) is 3.92. The van der Waals surface area contributed by atoms with Crippen molar-refractivity contribution in [2.75, 3.05) is 13.7 Å². The maximum absolute atomic E-state index is 11.8. The minimum Gasteiger partial charge on any atom is -0.480 e. The van der Waals surface area contributed by atoms with E-state index in [1.807, 2.05) is 26.0 Å². The van der Waals surface area contributed by atoms with Crippen LogP contribution < -0.4 is 10.6 Å². The van der Waals surface area contributed by atoms with Crippen LogP contribution in [-0.2, 0) is 16.0 Å².